The van der Waals surface area contributed by atoms with E-state index in [1.807, 2.05) is 0 Å². The molecule has 0 bridgehead atoms. The Morgan fingerprint density at radius 3 is 1.83 bits per heavy atom. The lowest BCUT2D eigenvalue weighted by Crippen LogP contribution is -2.17. The zero-order valence-corrected chi connectivity index (χ0v) is 10.1. The van der Waals surface area contributed by atoms with Crippen LogP contribution in [0.4, 0.5) is 0 Å². The van der Waals surface area contributed by atoms with Crippen LogP contribution in [0.25, 0.3) is 0 Å². The van der Waals surface area contributed by atoms with E-state index in [1.165, 1.54) is 7.11 Å². The van der Waals surface area contributed by atoms with Crippen LogP contribution in [-0.2, 0) is 19.1 Å². The number of carbonyl (C=O) groups excluding carboxylic acids is 1. The minimum atomic E-state index is -1.26. The highest BCUT2D eigenvalue weighted by atomic mass is 16.5. The fraction of sp³-hybridized carbons (Fsp3) is 0.364. The Morgan fingerprint density at radius 1 is 1.22 bits per heavy atom. The van der Waals surface area contributed by atoms with Gasteiger partial charge in [-0.05, 0) is 6.42 Å². The maximum Gasteiger partial charge on any atom is 0.335 e. The minimum Gasteiger partial charge on any atom is -0.478 e. The first-order valence-corrected chi connectivity index (χ1v) is 4.85. The van der Waals surface area contributed by atoms with E-state index >= 15 is 0 Å². The summed E-state index contributed by atoms with van der Waals surface area (Å²) in [6.07, 6.45) is 0.825. The highest BCUT2D eigenvalue weighted by molar-refractivity contribution is 5.89. The molecule has 1 unspecified atom stereocenters. The maximum absolute atomic E-state index is 10.6. The second-order valence-electron chi connectivity index (χ2n) is 2.95. The topological polar surface area (TPSA) is 121 Å². The van der Waals surface area contributed by atoms with Gasteiger partial charge in [0, 0.05) is 12.2 Å². The van der Waals surface area contributed by atoms with Gasteiger partial charge in [0.05, 0.1) is 18.8 Å². The van der Waals surface area contributed by atoms with Crippen LogP contribution in [-0.4, -0.2) is 46.4 Å². The third-order valence-electron chi connectivity index (χ3n) is 1.61. The van der Waals surface area contributed by atoms with E-state index in [1.54, 1.807) is 6.92 Å². The Kier molecular flexibility index (Phi) is 10.2. The lowest BCUT2D eigenvalue weighted by molar-refractivity contribution is -0.137. The van der Waals surface area contributed by atoms with Gasteiger partial charge in [0.2, 0.25) is 0 Å². The van der Waals surface area contributed by atoms with Gasteiger partial charge in [0.1, 0.15) is 0 Å². The Morgan fingerprint density at radius 2 is 1.61 bits per heavy atom. The first-order valence-electron chi connectivity index (χ1n) is 4.85. The van der Waals surface area contributed by atoms with Gasteiger partial charge in [-0.1, -0.05) is 13.5 Å². The SMILES string of the molecule is C=C(C(=O)OC)C(O)CC.O=C(O)/C=C\C(=O)O. The number of methoxy groups -OCH3 is 1. The van der Waals surface area contributed by atoms with Crippen LogP contribution < -0.4 is 0 Å². The number of hydrogen-bond donors (Lipinski definition) is 3. The smallest absolute Gasteiger partial charge is 0.335 e. The van der Waals surface area contributed by atoms with Crippen LogP contribution in [0, 0.1) is 0 Å². The molecule has 0 aliphatic rings. The normalized spacial score (nSPS) is 11.1. The predicted octanol–water partition coefficient (Wildman–Crippen LogP) is 0.198. The largest absolute Gasteiger partial charge is 0.478 e. The van der Waals surface area contributed by atoms with Crippen LogP contribution in [0.1, 0.15) is 13.3 Å². The molecule has 18 heavy (non-hydrogen) atoms. The van der Waals surface area contributed by atoms with Gasteiger partial charge in [-0.25, -0.2) is 14.4 Å². The van der Waals surface area contributed by atoms with Crippen molar-refractivity contribution < 1.29 is 34.4 Å². The summed E-state index contributed by atoms with van der Waals surface area (Å²) in [5.74, 6) is -3.06. The third-order valence-corrected chi connectivity index (χ3v) is 1.61. The lowest BCUT2D eigenvalue weighted by atomic mass is 10.1. The molecule has 0 amide bonds. The van der Waals surface area contributed by atoms with Crippen molar-refractivity contribution >= 4 is 17.9 Å². The summed E-state index contributed by atoms with van der Waals surface area (Å²) in [7, 11) is 1.26. The molecule has 7 heteroatoms. The van der Waals surface area contributed by atoms with Gasteiger partial charge < -0.3 is 20.1 Å². The number of carboxylic acids is 2. The van der Waals surface area contributed by atoms with Gasteiger partial charge in [0.15, 0.2) is 0 Å². The van der Waals surface area contributed by atoms with E-state index in [-0.39, 0.29) is 5.57 Å². The van der Waals surface area contributed by atoms with E-state index in [9.17, 15) is 14.4 Å². The lowest BCUT2D eigenvalue weighted by Gasteiger charge is -2.07. The third kappa shape index (κ3) is 10.4. The summed E-state index contributed by atoms with van der Waals surface area (Å²) in [6, 6.07) is 0. The summed E-state index contributed by atoms with van der Waals surface area (Å²) in [5, 5.41) is 24.7. The highest BCUT2D eigenvalue weighted by Gasteiger charge is 2.13. The molecule has 0 radical (unpaired) electrons. The van der Waals surface area contributed by atoms with Crippen molar-refractivity contribution in [2.75, 3.05) is 7.11 Å². The number of aliphatic hydroxyl groups excluding tert-OH is 1. The average molecular weight is 260 g/mol. The van der Waals surface area contributed by atoms with Crippen molar-refractivity contribution in [2.24, 2.45) is 0 Å². The number of ether oxygens (including phenoxy) is 1. The van der Waals surface area contributed by atoms with Gasteiger partial charge in [0.25, 0.3) is 0 Å². The number of rotatable bonds is 5. The molecule has 0 fully saturated rings. The number of aliphatic carboxylic acids is 2. The molecule has 0 aliphatic heterocycles. The van der Waals surface area contributed by atoms with Crippen molar-refractivity contribution in [2.45, 2.75) is 19.4 Å². The molecule has 102 valence electrons. The number of aliphatic hydroxyl groups is 1. The fourth-order valence-corrected chi connectivity index (χ4v) is 0.656. The van der Waals surface area contributed by atoms with Crippen molar-refractivity contribution in [3.63, 3.8) is 0 Å². The molecule has 0 heterocycles. The molecule has 0 aliphatic carbocycles. The van der Waals surface area contributed by atoms with Crippen LogP contribution in [0.15, 0.2) is 24.3 Å². The first-order chi connectivity index (χ1) is 8.26. The zero-order chi connectivity index (χ0) is 14.7. The Balaban J connectivity index is 0. The predicted molar refractivity (Wildman–Crippen MR) is 61.9 cm³/mol. The van der Waals surface area contributed by atoms with E-state index < -0.39 is 24.0 Å². The molecule has 3 N–H and O–H groups in total. The molecular weight excluding hydrogens is 244 g/mol. The molecular formula is C11H16O7. The van der Waals surface area contributed by atoms with Crippen molar-refractivity contribution in [3.8, 4) is 0 Å². The fourth-order valence-electron chi connectivity index (χ4n) is 0.656. The van der Waals surface area contributed by atoms with E-state index in [2.05, 4.69) is 11.3 Å². The standard InChI is InChI=1S/C7H12O3.C4H4O4/c1-4-6(8)5(2)7(9)10-3;5-3(6)1-2-4(7)8/h6,8H,2,4H2,1,3H3;1-2H,(H,5,6)(H,7,8)/b;2-1-. The van der Waals surface area contributed by atoms with Crippen molar-refractivity contribution in [1.29, 1.82) is 0 Å². The second-order valence-corrected chi connectivity index (χ2v) is 2.95. The zero-order valence-electron chi connectivity index (χ0n) is 10.1. The van der Waals surface area contributed by atoms with E-state index in [4.69, 9.17) is 15.3 Å². The summed E-state index contributed by atoms with van der Waals surface area (Å²) in [4.78, 5) is 29.7. The van der Waals surface area contributed by atoms with Crippen LogP contribution in [0.2, 0.25) is 0 Å². The van der Waals surface area contributed by atoms with Gasteiger partial charge >= 0.3 is 17.9 Å². The first kappa shape index (κ1) is 18.2. The summed E-state index contributed by atoms with van der Waals surface area (Å²) < 4.78 is 4.34. The number of esters is 1. The molecule has 0 aromatic heterocycles. The second kappa shape index (κ2) is 10.0. The molecule has 7 nitrogen and oxygen atoms in total. The summed E-state index contributed by atoms with van der Waals surface area (Å²) >= 11 is 0. The van der Waals surface area contributed by atoms with E-state index in [0.29, 0.717) is 18.6 Å². The van der Waals surface area contributed by atoms with Crippen LogP contribution in [0.3, 0.4) is 0 Å². The Hall–Kier alpha value is -2.15. The quantitative estimate of drug-likeness (QED) is 0.476. The molecule has 0 rings (SSSR count). The molecule has 1 atom stereocenters. The van der Waals surface area contributed by atoms with Gasteiger partial charge in [-0.2, -0.15) is 0 Å². The van der Waals surface area contributed by atoms with E-state index in [0.717, 1.165) is 0 Å². The van der Waals surface area contributed by atoms with Gasteiger partial charge in [-0.15, -0.1) is 0 Å². The molecule has 0 saturated heterocycles. The molecule has 0 saturated carbocycles. The van der Waals surface area contributed by atoms with Crippen molar-refractivity contribution in [1.82, 2.24) is 0 Å². The monoisotopic (exact) mass is 260 g/mol. The number of carbonyl (C=O) groups is 3. The summed E-state index contributed by atoms with van der Waals surface area (Å²) in [6.45, 7) is 5.13. The average Bonchev–Trinajstić information content (AvgIpc) is 2.34. The Bertz CT molecular complexity index is 327. The number of carboxylic acid groups (broad SMARTS) is 2. The number of hydrogen-bond acceptors (Lipinski definition) is 5. The molecule has 0 spiro atoms. The Labute approximate surface area is 104 Å². The van der Waals surface area contributed by atoms with Crippen LogP contribution in [0.5, 0.6) is 0 Å². The summed E-state index contributed by atoms with van der Waals surface area (Å²) in [5.41, 5.74) is 0.116. The maximum atomic E-state index is 10.6. The van der Waals surface area contributed by atoms with Crippen molar-refractivity contribution in [3.05, 3.63) is 24.3 Å². The molecule has 0 aromatic rings. The minimum absolute atomic E-state index is 0.116. The van der Waals surface area contributed by atoms with Crippen LogP contribution >= 0.6 is 0 Å². The highest BCUT2D eigenvalue weighted by Crippen LogP contribution is 2.04. The molecule has 0 aromatic carbocycles. The van der Waals surface area contributed by atoms with Gasteiger partial charge in [-0.3, -0.25) is 0 Å².